The van der Waals surface area contributed by atoms with Crippen molar-refractivity contribution in [2.24, 2.45) is 5.92 Å². The zero-order valence-corrected chi connectivity index (χ0v) is 15.4. The molecule has 132 valence electrons. The molecule has 1 aliphatic rings. The average Bonchev–Trinajstić information content (AvgIpc) is 3.25. The van der Waals surface area contributed by atoms with Crippen LogP contribution in [0.4, 0.5) is 0 Å². The molecule has 0 radical (unpaired) electrons. The molecule has 0 spiro atoms. The van der Waals surface area contributed by atoms with Gasteiger partial charge in [-0.1, -0.05) is 17.8 Å². The number of pyridine rings is 1. The molecular formula is C16H18N4O3S2. The van der Waals surface area contributed by atoms with Crippen LogP contribution in [0.3, 0.4) is 0 Å². The summed E-state index contributed by atoms with van der Waals surface area (Å²) in [6.07, 6.45) is 5.17. The van der Waals surface area contributed by atoms with Crippen LogP contribution in [0.1, 0.15) is 23.6 Å². The van der Waals surface area contributed by atoms with Gasteiger partial charge in [-0.05, 0) is 30.9 Å². The molecule has 9 heteroatoms. The van der Waals surface area contributed by atoms with Gasteiger partial charge >= 0.3 is 0 Å². The largest absolute Gasteiger partial charge is 0.416 e. The lowest BCUT2D eigenvalue weighted by molar-refractivity contribution is 0.389. The normalized spacial score (nSPS) is 19.6. The molecule has 3 aromatic rings. The number of thioether (sulfide) groups is 1. The van der Waals surface area contributed by atoms with E-state index in [9.17, 15) is 8.42 Å². The van der Waals surface area contributed by atoms with Crippen molar-refractivity contribution in [2.75, 3.05) is 11.5 Å². The monoisotopic (exact) mass is 378 g/mol. The van der Waals surface area contributed by atoms with Gasteiger partial charge in [0, 0.05) is 24.6 Å². The molecule has 1 aliphatic heterocycles. The lowest BCUT2D eigenvalue weighted by Gasteiger charge is -2.01. The van der Waals surface area contributed by atoms with Gasteiger partial charge in [-0.2, -0.15) is 0 Å². The highest BCUT2D eigenvalue weighted by atomic mass is 32.2. The van der Waals surface area contributed by atoms with E-state index >= 15 is 0 Å². The Morgan fingerprint density at radius 3 is 3.04 bits per heavy atom. The first-order valence-corrected chi connectivity index (χ1v) is 10.9. The maximum Gasteiger partial charge on any atom is 0.276 e. The summed E-state index contributed by atoms with van der Waals surface area (Å²) in [6, 6.07) is 4.03. The number of imidazole rings is 1. The predicted molar refractivity (Wildman–Crippen MR) is 94.3 cm³/mol. The summed E-state index contributed by atoms with van der Waals surface area (Å²) in [4.78, 5) is 4.62. The highest BCUT2D eigenvalue weighted by Gasteiger charge is 2.29. The summed E-state index contributed by atoms with van der Waals surface area (Å²) in [6.45, 7) is 2.03. The molecule has 1 atom stereocenters. The van der Waals surface area contributed by atoms with Gasteiger partial charge in [0.1, 0.15) is 5.65 Å². The van der Waals surface area contributed by atoms with Crippen LogP contribution >= 0.6 is 11.8 Å². The van der Waals surface area contributed by atoms with Crippen molar-refractivity contribution < 1.29 is 12.8 Å². The Kier molecular flexibility index (Phi) is 4.28. The van der Waals surface area contributed by atoms with Gasteiger partial charge in [-0.3, -0.25) is 0 Å². The second kappa shape index (κ2) is 6.45. The van der Waals surface area contributed by atoms with E-state index in [-0.39, 0.29) is 17.4 Å². The maximum absolute atomic E-state index is 11.5. The van der Waals surface area contributed by atoms with E-state index in [2.05, 4.69) is 15.2 Å². The minimum Gasteiger partial charge on any atom is -0.416 e. The number of rotatable bonds is 5. The van der Waals surface area contributed by atoms with Crippen molar-refractivity contribution >= 4 is 27.2 Å². The molecular weight excluding hydrogens is 360 g/mol. The SMILES string of the molecule is Cc1cccn2cc(CSc3nnc(C[C@@H]4CCS(=O)(=O)C4)o3)nc12. The quantitative estimate of drug-likeness (QED) is 0.629. The number of aromatic nitrogens is 4. The Labute approximate surface area is 149 Å². The number of sulfone groups is 1. The fourth-order valence-corrected chi connectivity index (χ4v) is 5.59. The lowest BCUT2D eigenvalue weighted by Crippen LogP contribution is -2.07. The smallest absolute Gasteiger partial charge is 0.276 e. The molecule has 7 nitrogen and oxygen atoms in total. The summed E-state index contributed by atoms with van der Waals surface area (Å²) < 4.78 is 30.7. The van der Waals surface area contributed by atoms with Crippen LogP contribution < -0.4 is 0 Å². The third-order valence-electron chi connectivity index (χ3n) is 4.31. The van der Waals surface area contributed by atoms with Crippen LogP contribution in [0.15, 0.2) is 34.2 Å². The number of aryl methyl sites for hydroxylation is 1. The van der Waals surface area contributed by atoms with Crippen molar-refractivity contribution in [2.45, 2.75) is 30.7 Å². The van der Waals surface area contributed by atoms with Crippen molar-refractivity contribution in [3.8, 4) is 0 Å². The molecule has 0 saturated carbocycles. The molecule has 0 N–H and O–H groups in total. The molecule has 1 fully saturated rings. The zero-order chi connectivity index (χ0) is 17.4. The van der Waals surface area contributed by atoms with E-state index in [1.54, 1.807) is 0 Å². The average molecular weight is 378 g/mol. The van der Waals surface area contributed by atoms with Gasteiger partial charge in [0.15, 0.2) is 9.84 Å². The van der Waals surface area contributed by atoms with Crippen LogP contribution in [-0.4, -0.2) is 39.5 Å². The van der Waals surface area contributed by atoms with Crippen molar-refractivity contribution in [3.05, 3.63) is 41.7 Å². The highest BCUT2D eigenvalue weighted by Crippen LogP contribution is 2.25. The Balaban J connectivity index is 1.38. The zero-order valence-electron chi connectivity index (χ0n) is 13.8. The highest BCUT2D eigenvalue weighted by molar-refractivity contribution is 7.98. The molecule has 4 heterocycles. The van der Waals surface area contributed by atoms with Gasteiger partial charge in [-0.25, -0.2) is 13.4 Å². The van der Waals surface area contributed by atoms with Gasteiger partial charge in [-0.15, -0.1) is 10.2 Å². The molecule has 0 aliphatic carbocycles. The Bertz CT molecular complexity index is 1010. The standard InChI is InChI=1S/C16H18N4O3S2/c1-11-3-2-5-20-8-13(17-15(11)20)9-24-16-19-18-14(23-16)7-12-4-6-25(21,22)10-12/h2-3,5,8,12H,4,6-7,9-10H2,1H3/t12-/m0/s1. The number of nitrogens with zero attached hydrogens (tertiary/aromatic N) is 4. The minimum atomic E-state index is -2.88. The molecule has 25 heavy (non-hydrogen) atoms. The molecule has 0 bridgehead atoms. The fourth-order valence-electron chi connectivity index (χ4n) is 3.07. The number of hydrogen-bond donors (Lipinski definition) is 0. The summed E-state index contributed by atoms with van der Waals surface area (Å²) >= 11 is 1.44. The van der Waals surface area contributed by atoms with Gasteiger partial charge in [0.2, 0.25) is 5.89 Å². The molecule has 3 aromatic heterocycles. The van der Waals surface area contributed by atoms with E-state index < -0.39 is 9.84 Å². The van der Waals surface area contributed by atoms with E-state index in [0.29, 0.717) is 29.7 Å². The Morgan fingerprint density at radius 2 is 2.28 bits per heavy atom. The van der Waals surface area contributed by atoms with Crippen LogP contribution in [0.25, 0.3) is 5.65 Å². The third-order valence-corrected chi connectivity index (χ3v) is 7.00. The Hall–Kier alpha value is -1.87. The molecule has 4 rings (SSSR count). The second-order valence-electron chi connectivity index (χ2n) is 6.38. The van der Waals surface area contributed by atoms with Crippen LogP contribution in [0, 0.1) is 12.8 Å². The van der Waals surface area contributed by atoms with Gasteiger partial charge in [0.05, 0.1) is 17.2 Å². The van der Waals surface area contributed by atoms with Crippen molar-refractivity contribution in [1.29, 1.82) is 0 Å². The number of fused-ring (bicyclic) bond motifs is 1. The summed E-state index contributed by atoms with van der Waals surface area (Å²) in [5.74, 6) is 1.72. The van der Waals surface area contributed by atoms with Crippen LogP contribution in [0.2, 0.25) is 0 Å². The number of hydrogen-bond acceptors (Lipinski definition) is 7. The maximum atomic E-state index is 11.5. The second-order valence-corrected chi connectivity index (χ2v) is 9.53. The molecule has 1 saturated heterocycles. The topological polar surface area (TPSA) is 90.4 Å². The van der Waals surface area contributed by atoms with E-state index in [0.717, 1.165) is 16.9 Å². The fraction of sp³-hybridized carbons (Fsp3) is 0.438. The summed E-state index contributed by atoms with van der Waals surface area (Å²) in [5, 5.41) is 8.57. The van der Waals surface area contributed by atoms with Crippen molar-refractivity contribution in [3.63, 3.8) is 0 Å². The van der Waals surface area contributed by atoms with Gasteiger partial charge < -0.3 is 8.82 Å². The van der Waals surface area contributed by atoms with E-state index in [1.165, 1.54) is 11.8 Å². The summed E-state index contributed by atoms with van der Waals surface area (Å²) in [7, 11) is -2.88. The lowest BCUT2D eigenvalue weighted by atomic mass is 10.1. The van der Waals surface area contributed by atoms with Crippen LogP contribution in [0.5, 0.6) is 0 Å². The Morgan fingerprint density at radius 1 is 1.40 bits per heavy atom. The first kappa shape index (κ1) is 16.6. The van der Waals surface area contributed by atoms with Gasteiger partial charge in [0.25, 0.3) is 5.22 Å². The predicted octanol–water partition coefficient (Wildman–Crippen LogP) is 2.30. The first-order valence-electron chi connectivity index (χ1n) is 8.07. The molecule has 0 unspecified atom stereocenters. The van der Waals surface area contributed by atoms with Crippen molar-refractivity contribution in [1.82, 2.24) is 19.6 Å². The summed E-state index contributed by atoms with van der Waals surface area (Å²) in [5.41, 5.74) is 3.03. The molecule has 0 amide bonds. The van der Waals surface area contributed by atoms with E-state index in [1.807, 2.05) is 35.9 Å². The third kappa shape index (κ3) is 3.72. The van der Waals surface area contributed by atoms with Crippen LogP contribution in [-0.2, 0) is 22.0 Å². The first-order chi connectivity index (χ1) is 12.0. The molecule has 0 aromatic carbocycles. The minimum absolute atomic E-state index is 0.0877. The van der Waals surface area contributed by atoms with E-state index in [4.69, 9.17) is 4.42 Å².